The van der Waals surface area contributed by atoms with Crippen LogP contribution in [0.25, 0.3) is 11.0 Å². The maximum Gasteiger partial charge on any atom is 0.321 e. The number of anilines is 1. The minimum absolute atomic E-state index is 0.0205. The lowest BCUT2D eigenvalue weighted by molar-refractivity contribution is -0.153. The zero-order chi connectivity index (χ0) is 23.5. The molecule has 2 unspecified atom stereocenters. The van der Waals surface area contributed by atoms with Crippen molar-refractivity contribution in [1.82, 2.24) is 9.55 Å². The van der Waals surface area contributed by atoms with Gasteiger partial charge in [-0.05, 0) is 43.7 Å². The number of ether oxygens (including phenoxy) is 3. The predicted octanol–water partition coefficient (Wildman–Crippen LogP) is 2.90. The lowest BCUT2D eigenvalue weighted by Crippen LogP contribution is -2.51. The molecule has 0 spiro atoms. The number of aromatic nitrogens is 2. The van der Waals surface area contributed by atoms with E-state index >= 15 is 0 Å². The van der Waals surface area contributed by atoms with Crippen LogP contribution in [0.4, 0.5) is 5.95 Å². The monoisotopic (exact) mass is 453 g/mol. The molecular formula is C24H27N3O6. The van der Waals surface area contributed by atoms with Gasteiger partial charge in [0.25, 0.3) is 0 Å². The Morgan fingerprint density at radius 1 is 1.15 bits per heavy atom. The van der Waals surface area contributed by atoms with Gasteiger partial charge < -0.3 is 23.9 Å². The number of esters is 1. The van der Waals surface area contributed by atoms with E-state index in [2.05, 4.69) is 0 Å². The molecule has 174 valence electrons. The fourth-order valence-corrected chi connectivity index (χ4v) is 4.23. The molecule has 0 saturated carbocycles. The number of aromatic hydroxyl groups is 1. The average molecular weight is 453 g/mol. The summed E-state index contributed by atoms with van der Waals surface area (Å²) >= 11 is 0. The van der Waals surface area contributed by atoms with Crippen molar-refractivity contribution in [3.63, 3.8) is 0 Å². The number of fused-ring (bicyclic) bond motifs is 3. The highest BCUT2D eigenvalue weighted by molar-refractivity contribution is 6.08. The maximum absolute atomic E-state index is 13.7. The Morgan fingerprint density at radius 2 is 1.94 bits per heavy atom. The first kappa shape index (κ1) is 22.6. The van der Waals surface area contributed by atoms with Crippen LogP contribution < -0.4 is 9.64 Å². The van der Waals surface area contributed by atoms with Gasteiger partial charge in [0.15, 0.2) is 17.4 Å². The molecule has 1 N–H and O–H groups in total. The van der Waals surface area contributed by atoms with E-state index in [9.17, 15) is 14.7 Å². The summed E-state index contributed by atoms with van der Waals surface area (Å²) in [6, 6.07) is 11.6. The maximum atomic E-state index is 13.7. The topological polar surface area (TPSA) is 103 Å². The molecule has 9 nitrogen and oxygen atoms in total. The average Bonchev–Trinajstić information content (AvgIpc) is 3.19. The number of hydrogen-bond acceptors (Lipinski definition) is 7. The normalized spacial score (nSPS) is 17.8. The molecule has 3 aromatic rings. The van der Waals surface area contributed by atoms with Crippen LogP contribution in [0.2, 0.25) is 0 Å². The number of carbonyl (C=O) groups is 2. The largest absolute Gasteiger partial charge is 0.504 e. The van der Waals surface area contributed by atoms with Gasteiger partial charge in [-0.1, -0.05) is 18.2 Å². The van der Waals surface area contributed by atoms with Gasteiger partial charge in [-0.25, -0.2) is 4.98 Å². The molecule has 0 saturated heterocycles. The highest BCUT2D eigenvalue weighted by atomic mass is 16.5. The Hall–Kier alpha value is -3.59. The third-order valence-electron chi connectivity index (χ3n) is 5.63. The summed E-state index contributed by atoms with van der Waals surface area (Å²) < 4.78 is 18.0. The van der Waals surface area contributed by atoms with E-state index in [1.54, 1.807) is 26.2 Å². The standard InChI is InChI=1S/C24H27N3O6/c1-4-32-19-14-15(10-11-18(19)28)21-20(23(30)33-5-2)22(29)26(12-13-31-3)24-25-16-8-6-7-9-17(16)27(21)24/h6-11,14,20-21,28H,4-5,12-13H2,1-3H3. The van der Waals surface area contributed by atoms with Crippen LogP contribution in [0.3, 0.4) is 0 Å². The minimum atomic E-state index is -1.15. The van der Waals surface area contributed by atoms with Crippen LogP contribution in [-0.4, -0.2) is 60.0 Å². The number of methoxy groups -OCH3 is 1. The van der Waals surface area contributed by atoms with E-state index in [0.29, 0.717) is 23.6 Å². The number of hydrogen-bond donors (Lipinski definition) is 1. The second kappa shape index (κ2) is 9.50. The lowest BCUT2D eigenvalue weighted by Gasteiger charge is -2.38. The van der Waals surface area contributed by atoms with Crippen molar-refractivity contribution in [3.05, 3.63) is 48.0 Å². The number of phenolic OH excluding ortho intramolecular Hbond substituents is 1. The summed E-state index contributed by atoms with van der Waals surface area (Å²) in [7, 11) is 1.55. The molecule has 1 aliphatic rings. The molecule has 2 atom stereocenters. The Bertz CT molecular complexity index is 1170. The molecule has 1 amide bonds. The van der Waals surface area contributed by atoms with Crippen molar-refractivity contribution >= 4 is 28.9 Å². The molecule has 0 aliphatic carbocycles. The van der Waals surface area contributed by atoms with Crippen molar-refractivity contribution in [2.75, 3.05) is 38.4 Å². The molecule has 33 heavy (non-hydrogen) atoms. The van der Waals surface area contributed by atoms with Gasteiger partial charge in [0.1, 0.15) is 0 Å². The molecule has 1 aliphatic heterocycles. The van der Waals surface area contributed by atoms with Crippen LogP contribution in [0.5, 0.6) is 11.5 Å². The van der Waals surface area contributed by atoms with Crippen LogP contribution in [-0.2, 0) is 19.1 Å². The minimum Gasteiger partial charge on any atom is -0.504 e. The van der Waals surface area contributed by atoms with Gasteiger partial charge >= 0.3 is 5.97 Å². The number of phenols is 1. The smallest absolute Gasteiger partial charge is 0.321 e. The van der Waals surface area contributed by atoms with E-state index in [4.69, 9.17) is 19.2 Å². The zero-order valence-electron chi connectivity index (χ0n) is 18.9. The predicted molar refractivity (Wildman–Crippen MR) is 121 cm³/mol. The van der Waals surface area contributed by atoms with Gasteiger partial charge in [-0.2, -0.15) is 0 Å². The summed E-state index contributed by atoms with van der Waals surface area (Å²) in [4.78, 5) is 33.0. The Labute approximate surface area is 191 Å². The van der Waals surface area contributed by atoms with Crippen LogP contribution in [0, 0.1) is 5.92 Å². The van der Waals surface area contributed by atoms with Crippen LogP contribution in [0.15, 0.2) is 42.5 Å². The highest BCUT2D eigenvalue weighted by Crippen LogP contribution is 2.43. The Morgan fingerprint density at radius 3 is 2.67 bits per heavy atom. The number of nitrogens with zero attached hydrogens (tertiary/aromatic N) is 3. The summed E-state index contributed by atoms with van der Waals surface area (Å²) in [6.45, 7) is 4.53. The molecular weight excluding hydrogens is 426 g/mol. The second-order valence-corrected chi connectivity index (χ2v) is 7.59. The quantitative estimate of drug-likeness (QED) is 0.413. The van der Waals surface area contributed by atoms with Crippen LogP contribution in [0.1, 0.15) is 25.5 Å². The number of benzene rings is 2. The van der Waals surface area contributed by atoms with E-state index in [-0.39, 0.29) is 31.3 Å². The second-order valence-electron chi connectivity index (χ2n) is 7.59. The number of imidazole rings is 1. The van der Waals surface area contributed by atoms with Gasteiger partial charge in [0.2, 0.25) is 11.9 Å². The number of amides is 1. The van der Waals surface area contributed by atoms with E-state index in [1.807, 2.05) is 35.8 Å². The summed E-state index contributed by atoms with van der Waals surface area (Å²) in [5.74, 6) is -1.50. The zero-order valence-corrected chi connectivity index (χ0v) is 18.9. The molecule has 9 heteroatoms. The van der Waals surface area contributed by atoms with E-state index in [1.165, 1.54) is 11.0 Å². The molecule has 0 bridgehead atoms. The molecule has 0 radical (unpaired) electrons. The van der Waals surface area contributed by atoms with E-state index < -0.39 is 23.8 Å². The molecule has 2 aromatic carbocycles. The van der Waals surface area contributed by atoms with Crippen molar-refractivity contribution < 1.29 is 28.9 Å². The van der Waals surface area contributed by atoms with Gasteiger partial charge in [0, 0.05) is 7.11 Å². The molecule has 0 fully saturated rings. The van der Waals surface area contributed by atoms with Gasteiger partial charge in [0.05, 0.1) is 43.4 Å². The third-order valence-corrected chi connectivity index (χ3v) is 5.63. The van der Waals surface area contributed by atoms with Gasteiger partial charge in [-0.15, -0.1) is 0 Å². The molecule has 1 aromatic heterocycles. The molecule has 2 heterocycles. The third kappa shape index (κ3) is 4.00. The fourth-order valence-electron chi connectivity index (χ4n) is 4.23. The first-order chi connectivity index (χ1) is 16.0. The number of carbonyl (C=O) groups excluding carboxylic acids is 2. The van der Waals surface area contributed by atoms with Gasteiger partial charge in [-0.3, -0.25) is 14.5 Å². The molecule has 4 rings (SSSR count). The van der Waals surface area contributed by atoms with Crippen LogP contribution >= 0.6 is 0 Å². The van der Waals surface area contributed by atoms with E-state index in [0.717, 1.165) is 5.52 Å². The van der Waals surface area contributed by atoms with Crippen molar-refractivity contribution in [2.24, 2.45) is 5.92 Å². The number of rotatable bonds is 8. The summed E-state index contributed by atoms with van der Waals surface area (Å²) in [5, 5.41) is 10.2. The number of para-hydroxylation sites is 2. The SMILES string of the molecule is CCOC(=O)C1C(=O)N(CCOC)c2nc3ccccc3n2C1c1ccc(O)c(OCC)c1. The lowest BCUT2D eigenvalue weighted by atomic mass is 9.89. The fraction of sp³-hybridized carbons (Fsp3) is 0.375. The van der Waals surface area contributed by atoms with Crippen molar-refractivity contribution in [2.45, 2.75) is 19.9 Å². The summed E-state index contributed by atoms with van der Waals surface area (Å²) in [6.07, 6.45) is 0. The summed E-state index contributed by atoms with van der Waals surface area (Å²) in [5.41, 5.74) is 2.09. The van der Waals surface area contributed by atoms with Crippen molar-refractivity contribution in [3.8, 4) is 11.5 Å². The Balaban J connectivity index is 1.98. The van der Waals surface area contributed by atoms with Crippen molar-refractivity contribution in [1.29, 1.82) is 0 Å². The first-order valence-corrected chi connectivity index (χ1v) is 10.9. The highest BCUT2D eigenvalue weighted by Gasteiger charge is 2.47. The first-order valence-electron chi connectivity index (χ1n) is 10.9. The Kier molecular flexibility index (Phi) is 6.50.